The highest BCUT2D eigenvalue weighted by molar-refractivity contribution is 7.89. The van der Waals surface area contributed by atoms with E-state index in [1.54, 1.807) is 13.1 Å². The maximum Gasteiger partial charge on any atom is 0.235 e. The van der Waals surface area contributed by atoms with Crippen LogP contribution in [0.2, 0.25) is 0 Å². The van der Waals surface area contributed by atoms with Crippen LogP contribution in [0.5, 0.6) is 0 Å². The SMILES string of the molecule is Cc1ccccc1C1CC(=O)c2c(C)cn(S(C)(=O)=O)c2C1. The molecule has 22 heavy (non-hydrogen) atoms. The molecule has 5 heteroatoms. The van der Waals surface area contributed by atoms with Crippen molar-refractivity contribution < 1.29 is 13.2 Å². The molecule has 1 atom stereocenters. The molecule has 0 aliphatic heterocycles. The summed E-state index contributed by atoms with van der Waals surface area (Å²) in [5, 5.41) is 0. The van der Waals surface area contributed by atoms with Crippen LogP contribution in [0.15, 0.2) is 30.5 Å². The third kappa shape index (κ3) is 2.39. The molecule has 0 saturated heterocycles. The van der Waals surface area contributed by atoms with E-state index in [-0.39, 0.29) is 11.7 Å². The molecule has 116 valence electrons. The van der Waals surface area contributed by atoms with Gasteiger partial charge >= 0.3 is 0 Å². The fraction of sp³-hybridized carbons (Fsp3) is 0.353. The molecule has 0 saturated carbocycles. The van der Waals surface area contributed by atoms with Gasteiger partial charge in [-0.15, -0.1) is 0 Å². The molecule has 1 heterocycles. The van der Waals surface area contributed by atoms with Crippen molar-refractivity contribution in [2.75, 3.05) is 6.26 Å². The number of hydrogen-bond acceptors (Lipinski definition) is 3. The Bertz CT molecular complexity index is 862. The zero-order valence-electron chi connectivity index (χ0n) is 13.0. The van der Waals surface area contributed by atoms with E-state index in [4.69, 9.17) is 0 Å². The Morgan fingerprint density at radius 1 is 1.09 bits per heavy atom. The molecule has 1 aliphatic rings. The van der Waals surface area contributed by atoms with Gasteiger partial charge in [0.15, 0.2) is 5.78 Å². The summed E-state index contributed by atoms with van der Waals surface area (Å²) in [6.07, 6.45) is 3.76. The average molecular weight is 317 g/mol. The Labute approximate surface area is 130 Å². The summed E-state index contributed by atoms with van der Waals surface area (Å²) in [6, 6.07) is 7.98. The molecular weight excluding hydrogens is 298 g/mol. The van der Waals surface area contributed by atoms with E-state index in [2.05, 4.69) is 0 Å². The average Bonchev–Trinajstić information content (AvgIpc) is 2.77. The van der Waals surface area contributed by atoms with E-state index in [0.717, 1.165) is 16.7 Å². The zero-order valence-corrected chi connectivity index (χ0v) is 13.8. The molecular formula is C17H19NO3S. The number of carbonyl (C=O) groups excluding carboxylic acids is 1. The summed E-state index contributed by atoms with van der Waals surface area (Å²) in [5.41, 5.74) is 4.23. The standard InChI is InChI=1S/C17H19NO3S/c1-11-6-4-5-7-14(11)13-8-15-17(16(19)9-13)12(2)10-18(15)22(3,20)21/h4-7,10,13H,8-9H2,1-3H3. The van der Waals surface area contributed by atoms with Crippen molar-refractivity contribution in [3.05, 3.63) is 58.4 Å². The van der Waals surface area contributed by atoms with Crippen LogP contribution in [-0.4, -0.2) is 24.4 Å². The molecule has 1 aromatic carbocycles. The lowest BCUT2D eigenvalue weighted by Crippen LogP contribution is -2.23. The van der Waals surface area contributed by atoms with E-state index >= 15 is 0 Å². The van der Waals surface area contributed by atoms with Crippen LogP contribution in [0, 0.1) is 13.8 Å². The van der Waals surface area contributed by atoms with E-state index in [1.165, 1.54) is 10.2 Å². The van der Waals surface area contributed by atoms with Gasteiger partial charge in [-0.2, -0.15) is 0 Å². The van der Waals surface area contributed by atoms with Crippen LogP contribution in [0.4, 0.5) is 0 Å². The van der Waals surface area contributed by atoms with Crippen LogP contribution in [0.3, 0.4) is 0 Å². The quantitative estimate of drug-likeness (QED) is 0.856. The number of carbonyl (C=O) groups is 1. The lowest BCUT2D eigenvalue weighted by Gasteiger charge is -2.25. The van der Waals surface area contributed by atoms with Crippen LogP contribution in [-0.2, 0) is 16.4 Å². The minimum atomic E-state index is -3.40. The van der Waals surface area contributed by atoms with Gasteiger partial charge in [-0.05, 0) is 42.9 Å². The van der Waals surface area contributed by atoms with E-state index in [1.807, 2.05) is 31.2 Å². The summed E-state index contributed by atoms with van der Waals surface area (Å²) in [4.78, 5) is 12.5. The predicted octanol–water partition coefficient (Wildman–Crippen LogP) is 2.83. The topological polar surface area (TPSA) is 56.1 Å². The fourth-order valence-electron chi connectivity index (χ4n) is 3.42. The first-order chi connectivity index (χ1) is 10.3. The second-order valence-corrected chi connectivity index (χ2v) is 7.94. The second kappa shape index (κ2) is 5.09. The number of ketones is 1. The van der Waals surface area contributed by atoms with Crippen LogP contribution in [0.25, 0.3) is 0 Å². The van der Waals surface area contributed by atoms with Gasteiger partial charge in [0.25, 0.3) is 0 Å². The van der Waals surface area contributed by atoms with Crippen molar-refractivity contribution in [1.82, 2.24) is 3.97 Å². The Hall–Kier alpha value is -1.88. The molecule has 4 nitrogen and oxygen atoms in total. The first kappa shape index (κ1) is 15.0. The number of aryl methyl sites for hydroxylation is 2. The smallest absolute Gasteiger partial charge is 0.235 e. The maximum absolute atomic E-state index is 12.5. The van der Waals surface area contributed by atoms with Gasteiger partial charge in [-0.3, -0.25) is 4.79 Å². The van der Waals surface area contributed by atoms with Gasteiger partial charge in [0.05, 0.1) is 6.26 Å². The van der Waals surface area contributed by atoms with Gasteiger partial charge < -0.3 is 0 Å². The van der Waals surface area contributed by atoms with Crippen molar-refractivity contribution >= 4 is 15.8 Å². The molecule has 1 unspecified atom stereocenters. The van der Waals surface area contributed by atoms with Crippen molar-refractivity contribution in [3.63, 3.8) is 0 Å². The van der Waals surface area contributed by atoms with Gasteiger partial charge in [0.1, 0.15) is 0 Å². The first-order valence-electron chi connectivity index (χ1n) is 7.29. The molecule has 0 N–H and O–H groups in total. The first-order valence-corrected chi connectivity index (χ1v) is 9.14. The number of fused-ring (bicyclic) bond motifs is 1. The fourth-order valence-corrected chi connectivity index (χ4v) is 4.34. The summed E-state index contributed by atoms with van der Waals surface area (Å²) in [5.74, 6) is 0.0744. The molecule has 0 radical (unpaired) electrons. The molecule has 1 aromatic heterocycles. The molecule has 0 fully saturated rings. The number of aromatic nitrogens is 1. The Balaban J connectivity index is 2.13. The van der Waals surface area contributed by atoms with E-state index in [0.29, 0.717) is 24.1 Å². The third-order valence-corrected chi connectivity index (χ3v) is 5.44. The Kier molecular flexibility index (Phi) is 3.48. The minimum Gasteiger partial charge on any atom is -0.294 e. The van der Waals surface area contributed by atoms with Gasteiger partial charge in [0, 0.05) is 23.9 Å². The molecule has 0 bridgehead atoms. The van der Waals surface area contributed by atoms with E-state index < -0.39 is 10.0 Å². The number of hydrogen-bond donors (Lipinski definition) is 0. The largest absolute Gasteiger partial charge is 0.294 e. The Morgan fingerprint density at radius 3 is 2.41 bits per heavy atom. The van der Waals surface area contributed by atoms with Crippen molar-refractivity contribution in [1.29, 1.82) is 0 Å². The third-order valence-electron chi connectivity index (χ3n) is 4.40. The number of nitrogens with zero attached hydrogens (tertiary/aromatic N) is 1. The highest BCUT2D eigenvalue weighted by Gasteiger charge is 2.32. The number of Topliss-reactive ketones (excluding diaryl/α,β-unsaturated/α-hetero) is 1. The monoisotopic (exact) mass is 317 g/mol. The summed E-state index contributed by atoms with van der Waals surface area (Å²) >= 11 is 0. The highest BCUT2D eigenvalue weighted by atomic mass is 32.2. The maximum atomic E-state index is 12.5. The van der Waals surface area contributed by atoms with Crippen molar-refractivity contribution in [2.45, 2.75) is 32.6 Å². The van der Waals surface area contributed by atoms with Crippen molar-refractivity contribution in [2.24, 2.45) is 0 Å². The van der Waals surface area contributed by atoms with Crippen molar-refractivity contribution in [3.8, 4) is 0 Å². The summed E-state index contributed by atoms with van der Waals surface area (Å²) in [7, 11) is -3.40. The normalized spacial score (nSPS) is 18.3. The summed E-state index contributed by atoms with van der Waals surface area (Å²) in [6.45, 7) is 3.82. The van der Waals surface area contributed by atoms with Crippen LogP contribution >= 0.6 is 0 Å². The van der Waals surface area contributed by atoms with Crippen LogP contribution in [0.1, 0.15) is 45.1 Å². The molecule has 2 aromatic rings. The Morgan fingerprint density at radius 2 is 1.77 bits per heavy atom. The molecule has 3 rings (SSSR count). The van der Waals surface area contributed by atoms with Gasteiger partial charge in [0.2, 0.25) is 10.0 Å². The summed E-state index contributed by atoms with van der Waals surface area (Å²) < 4.78 is 25.3. The van der Waals surface area contributed by atoms with Gasteiger partial charge in [-0.1, -0.05) is 24.3 Å². The number of rotatable bonds is 2. The van der Waals surface area contributed by atoms with Crippen LogP contribution < -0.4 is 0 Å². The van der Waals surface area contributed by atoms with Gasteiger partial charge in [-0.25, -0.2) is 12.4 Å². The number of benzene rings is 1. The predicted molar refractivity (Wildman–Crippen MR) is 86.0 cm³/mol. The minimum absolute atomic E-state index is 0.0365. The highest BCUT2D eigenvalue weighted by Crippen LogP contribution is 2.36. The lowest BCUT2D eigenvalue weighted by atomic mass is 9.80. The molecule has 0 amide bonds. The zero-order chi connectivity index (χ0) is 16.1. The second-order valence-electron chi connectivity index (χ2n) is 6.08. The lowest BCUT2D eigenvalue weighted by molar-refractivity contribution is 0.0963. The molecule has 1 aliphatic carbocycles. The van der Waals surface area contributed by atoms with E-state index in [9.17, 15) is 13.2 Å². The molecule has 0 spiro atoms.